The number of rotatable bonds is 6. The van der Waals surface area contributed by atoms with Gasteiger partial charge in [0.05, 0.1) is 29.7 Å². The summed E-state index contributed by atoms with van der Waals surface area (Å²) in [7, 11) is 1.61. The molecule has 3 rings (SSSR count). The molecule has 0 spiro atoms. The first-order valence-electron chi connectivity index (χ1n) is 9.76. The third kappa shape index (κ3) is 4.54. The molecular formula is C23H25ClN4O2. The van der Waals surface area contributed by atoms with Gasteiger partial charge in [0.1, 0.15) is 0 Å². The van der Waals surface area contributed by atoms with Gasteiger partial charge in [-0.2, -0.15) is 5.10 Å². The Balaban J connectivity index is 1.77. The van der Waals surface area contributed by atoms with E-state index in [0.29, 0.717) is 17.0 Å². The van der Waals surface area contributed by atoms with Gasteiger partial charge >= 0.3 is 0 Å². The van der Waals surface area contributed by atoms with Crippen molar-refractivity contribution in [1.82, 2.24) is 14.7 Å². The maximum absolute atomic E-state index is 13.0. The van der Waals surface area contributed by atoms with Crippen molar-refractivity contribution in [3.05, 3.63) is 76.1 Å². The second-order valence-electron chi connectivity index (χ2n) is 7.23. The lowest BCUT2D eigenvalue weighted by Gasteiger charge is -2.18. The second kappa shape index (κ2) is 9.13. The Hall–Kier alpha value is -3.12. The smallest absolute Gasteiger partial charge is 0.257 e. The van der Waals surface area contributed by atoms with Crippen LogP contribution < -0.4 is 5.32 Å². The van der Waals surface area contributed by atoms with Crippen LogP contribution >= 0.6 is 11.6 Å². The van der Waals surface area contributed by atoms with Crippen molar-refractivity contribution in [2.24, 2.45) is 0 Å². The lowest BCUT2D eigenvalue weighted by atomic mass is 10.1. The van der Waals surface area contributed by atoms with Gasteiger partial charge in [0.25, 0.3) is 5.91 Å². The summed E-state index contributed by atoms with van der Waals surface area (Å²) in [5, 5.41) is 7.89. The number of hydrogen-bond acceptors (Lipinski definition) is 3. The van der Waals surface area contributed by atoms with Crippen molar-refractivity contribution in [3.63, 3.8) is 0 Å². The summed E-state index contributed by atoms with van der Waals surface area (Å²) in [6.07, 6.45) is 2.15. The fourth-order valence-electron chi connectivity index (χ4n) is 3.41. The zero-order valence-electron chi connectivity index (χ0n) is 17.6. The highest BCUT2D eigenvalue weighted by molar-refractivity contribution is 6.30. The third-order valence-electron chi connectivity index (χ3n) is 4.96. The number of benzene rings is 2. The molecule has 0 saturated carbocycles. The summed E-state index contributed by atoms with van der Waals surface area (Å²) in [5.74, 6) is -0.500. The van der Waals surface area contributed by atoms with E-state index in [1.807, 2.05) is 51.1 Å². The average Bonchev–Trinajstić information content (AvgIpc) is 3.14. The van der Waals surface area contributed by atoms with Crippen LogP contribution in [-0.2, 0) is 11.2 Å². The minimum absolute atomic E-state index is 0.0574. The Bertz CT molecular complexity index is 1070. The van der Waals surface area contributed by atoms with Crippen molar-refractivity contribution in [1.29, 1.82) is 0 Å². The fourth-order valence-corrected chi connectivity index (χ4v) is 3.59. The number of halogens is 1. The van der Waals surface area contributed by atoms with Gasteiger partial charge in [-0.3, -0.25) is 9.59 Å². The van der Waals surface area contributed by atoms with Crippen LogP contribution in [0, 0.1) is 13.8 Å². The Kier molecular flexibility index (Phi) is 6.57. The molecule has 0 unspecified atom stereocenters. The molecule has 156 valence electrons. The number of aryl methyl sites for hydroxylation is 2. The molecule has 2 amide bonds. The molecule has 2 aromatic carbocycles. The molecule has 0 fully saturated rings. The zero-order valence-corrected chi connectivity index (χ0v) is 18.3. The summed E-state index contributed by atoms with van der Waals surface area (Å²) in [4.78, 5) is 27.0. The maximum Gasteiger partial charge on any atom is 0.257 e. The van der Waals surface area contributed by atoms with Crippen molar-refractivity contribution in [2.75, 3.05) is 18.9 Å². The number of para-hydroxylation sites is 1. The van der Waals surface area contributed by atoms with Crippen LogP contribution in [0.25, 0.3) is 5.69 Å². The van der Waals surface area contributed by atoms with E-state index in [2.05, 4.69) is 10.4 Å². The van der Waals surface area contributed by atoms with Gasteiger partial charge in [-0.05, 0) is 49.6 Å². The van der Waals surface area contributed by atoms with E-state index in [1.54, 1.807) is 30.1 Å². The maximum atomic E-state index is 13.0. The molecule has 0 aliphatic carbocycles. The largest absolute Gasteiger partial charge is 0.332 e. The highest BCUT2D eigenvalue weighted by Gasteiger charge is 2.22. The summed E-state index contributed by atoms with van der Waals surface area (Å²) >= 11 is 6.10. The molecule has 0 atom stereocenters. The fraction of sp³-hybridized carbons (Fsp3) is 0.261. The molecule has 0 bridgehead atoms. The average molecular weight is 425 g/mol. The number of likely N-dealkylation sites (N-methyl/N-ethyl adjacent to an activating group) is 1. The number of nitrogens with zero attached hydrogens (tertiary/aromatic N) is 3. The molecule has 0 radical (unpaired) electrons. The van der Waals surface area contributed by atoms with Gasteiger partial charge in [-0.15, -0.1) is 0 Å². The molecule has 1 aromatic heterocycles. The van der Waals surface area contributed by atoms with Crippen molar-refractivity contribution in [2.45, 2.75) is 27.2 Å². The highest BCUT2D eigenvalue weighted by Crippen LogP contribution is 2.21. The van der Waals surface area contributed by atoms with Crippen LogP contribution in [0.15, 0.2) is 48.7 Å². The first kappa shape index (κ1) is 21.6. The third-order valence-corrected chi connectivity index (χ3v) is 5.20. The SMILES string of the molecule is CCc1c(C(=O)N(C)CC(=O)Nc2c(C)cccc2C)cnn1-c1cccc(Cl)c1. The Morgan fingerprint density at radius 1 is 1.13 bits per heavy atom. The lowest BCUT2D eigenvalue weighted by Crippen LogP contribution is -2.35. The van der Waals surface area contributed by atoms with Gasteiger partial charge in [-0.25, -0.2) is 4.68 Å². The number of amides is 2. The quantitative estimate of drug-likeness (QED) is 0.637. The van der Waals surface area contributed by atoms with Gasteiger partial charge in [0, 0.05) is 17.8 Å². The number of carbonyl (C=O) groups is 2. The first-order chi connectivity index (χ1) is 14.3. The standard InChI is InChI=1S/C23H25ClN4O2/c1-5-20-19(13-25-28(20)18-11-7-10-17(24)12-18)23(30)27(4)14-21(29)26-22-15(2)8-6-9-16(22)3/h6-13H,5,14H2,1-4H3,(H,26,29). The summed E-state index contributed by atoms with van der Waals surface area (Å²) < 4.78 is 1.71. The predicted molar refractivity (Wildman–Crippen MR) is 119 cm³/mol. The van der Waals surface area contributed by atoms with Crippen molar-refractivity contribution < 1.29 is 9.59 Å². The summed E-state index contributed by atoms with van der Waals surface area (Å²) in [6, 6.07) is 13.1. The van der Waals surface area contributed by atoms with Crippen LogP contribution in [0.4, 0.5) is 5.69 Å². The summed E-state index contributed by atoms with van der Waals surface area (Å²) in [5.41, 5.74) is 4.77. The Morgan fingerprint density at radius 3 is 2.43 bits per heavy atom. The second-order valence-corrected chi connectivity index (χ2v) is 7.66. The van der Waals surface area contributed by atoms with Crippen molar-refractivity contribution >= 4 is 29.1 Å². The van der Waals surface area contributed by atoms with E-state index in [1.165, 1.54) is 4.90 Å². The van der Waals surface area contributed by atoms with Gasteiger partial charge < -0.3 is 10.2 Å². The number of nitrogens with one attached hydrogen (secondary N) is 1. The molecule has 6 nitrogen and oxygen atoms in total. The number of aromatic nitrogens is 2. The topological polar surface area (TPSA) is 67.2 Å². The van der Waals surface area contributed by atoms with Gasteiger partial charge in [0.2, 0.25) is 5.91 Å². The predicted octanol–water partition coefficient (Wildman–Crippen LogP) is 4.42. The van der Waals surface area contributed by atoms with E-state index in [9.17, 15) is 9.59 Å². The number of anilines is 1. The lowest BCUT2D eigenvalue weighted by molar-refractivity contribution is -0.116. The Labute approximate surface area is 181 Å². The minimum atomic E-state index is -0.253. The number of hydrogen-bond donors (Lipinski definition) is 1. The summed E-state index contributed by atoms with van der Waals surface area (Å²) in [6.45, 7) is 5.78. The van der Waals surface area contributed by atoms with Gasteiger partial charge in [0.15, 0.2) is 0 Å². The molecular weight excluding hydrogens is 400 g/mol. The Morgan fingerprint density at radius 2 is 1.80 bits per heavy atom. The van der Waals surface area contributed by atoms with E-state index < -0.39 is 0 Å². The van der Waals surface area contributed by atoms with Crippen LogP contribution in [0.1, 0.15) is 34.1 Å². The normalized spacial score (nSPS) is 10.7. The highest BCUT2D eigenvalue weighted by atomic mass is 35.5. The minimum Gasteiger partial charge on any atom is -0.332 e. The molecule has 0 aliphatic rings. The van der Waals surface area contributed by atoms with Gasteiger partial charge in [-0.1, -0.05) is 42.8 Å². The number of carbonyl (C=O) groups excluding carboxylic acids is 2. The molecule has 1 heterocycles. The van der Waals surface area contributed by atoms with E-state index >= 15 is 0 Å². The molecule has 0 aliphatic heterocycles. The zero-order chi connectivity index (χ0) is 21.8. The van der Waals surface area contributed by atoms with E-state index in [0.717, 1.165) is 28.2 Å². The van der Waals surface area contributed by atoms with E-state index in [-0.39, 0.29) is 18.4 Å². The first-order valence-corrected chi connectivity index (χ1v) is 10.1. The monoisotopic (exact) mass is 424 g/mol. The van der Waals surface area contributed by atoms with Crippen LogP contribution in [-0.4, -0.2) is 40.1 Å². The molecule has 3 aromatic rings. The van der Waals surface area contributed by atoms with E-state index in [4.69, 9.17) is 11.6 Å². The van der Waals surface area contributed by atoms with Crippen LogP contribution in [0.3, 0.4) is 0 Å². The molecule has 30 heavy (non-hydrogen) atoms. The molecule has 0 saturated heterocycles. The molecule has 1 N–H and O–H groups in total. The molecule has 7 heteroatoms. The van der Waals surface area contributed by atoms with Crippen LogP contribution in [0.5, 0.6) is 0 Å². The van der Waals surface area contributed by atoms with Crippen LogP contribution in [0.2, 0.25) is 5.02 Å². The van der Waals surface area contributed by atoms with Crippen molar-refractivity contribution in [3.8, 4) is 5.69 Å².